The molecule has 0 atom stereocenters. The van der Waals surface area contributed by atoms with Gasteiger partial charge in [-0.3, -0.25) is 0 Å². The highest BCUT2D eigenvalue weighted by Gasteiger charge is 2.34. The predicted molar refractivity (Wildman–Crippen MR) is 46.1 cm³/mol. The molecule has 1 saturated carbocycles. The van der Waals surface area contributed by atoms with E-state index < -0.39 is 0 Å². The molecule has 0 unspecified atom stereocenters. The summed E-state index contributed by atoms with van der Waals surface area (Å²) in [7, 11) is 0. The zero-order valence-electron chi connectivity index (χ0n) is 7.45. The van der Waals surface area contributed by atoms with Crippen LogP contribution in [0.3, 0.4) is 0 Å². The molecule has 1 rings (SSSR count). The number of hydrogen-bond donors (Lipinski definition) is 0. The Morgan fingerprint density at radius 1 is 1.00 bits per heavy atom. The van der Waals surface area contributed by atoms with Gasteiger partial charge in [0.1, 0.15) is 0 Å². The van der Waals surface area contributed by atoms with E-state index in [2.05, 4.69) is 13.8 Å². The van der Waals surface area contributed by atoms with Gasteiger partial charge < -0.3 is 0 Å². The van der Waals surface area contributed by atoms with Gasteiger partial charge in [-0.15, -0.1) is 0 Å². The third kappa shape index (κ3) is 1.53. The summed E-state index contributed by atoms with van der Waals surface area (Å²) >= 11 is 0. The molecule has 60 valence electrons. The first-order chi connectivity index (χ1) is 4.83. The maximum absolute atomic E-state index is 2.32. The molecule has 0 aromatic rings. The lowest BCUT2D eigenvalue weighted by Crippen LogP contribution is -2.28. The molecule has 0 heterocycles. The highest BCUT2D eigenvalue weighted by atomic mass is 14.4. The third-order valence-electron chi connectivity index (χ3n) is 2.97. The van der Waals surface area contributed by atoms with Gasteiger partial charge >= 0.3 is 0 Å². The van der Waals surface area contributed by atoms with E-state index >= 15 is 0 Å². The second kappa shape index (κ2) is 3.41. The molecule has 0 aliphatic heterocycles. The molecule has 0 N–H and O–H groups in total. The zero-order chi connectivity index (χ0) is 7.45. The Bertz CT molecular complexity index is 82.2. The van der Waals surface area contributed by atoms with Gasteiger partial charge in [0.15, 0.2) is 0 Å². The van der Waals surface area contributed by atoms with Gasteiger partial charge in [0.05, 0.1) is 0 Å². The Morgan fingerprint density at radius 3 is 1.70 bits per heavy atom. The van der Waals surface area contributed by atoms with Crippen molar-refractivity contribution in [2.24, 2.45) is 5.41 Å². The van der Waals surface area contributed by atoms with Crippen molar-refractivity contribution in [2.75, 3.05) is 0 Å². The zero-order valence-corrected chi connectivity index (χ0v) is 7.45. The highest BCUT2D eigenvalue weighted by molar-refractivity contribution is 4.86. The van der Waals surface area contributed by atoms with Crippen molar-refractivity contribution in [1.29, 1.82) is 0 Å². The maximum atomic E-state index is 2.32. The van der Waals surface area contributed by atoms with Gasteiger partial charge in [-0.1, -0.05) is 33.1 Å². The Balaban J connectivity index is 2.27. The van der Waals surface area contributed by atoms with Crippen LogP contribution >= 0.6 is 0 Å². The molecule has 0 saturated heterocycles. The van der Waals surface area contributed by atoms with Gasteiger partial charge in [-0.2, -0.15) is 0 Å². The van der Waals surface area contributed by atoms with Crippen molar-refractivity contribution in [2.45, 2.75) is 58.8 Å². The van der Waals surface area contributed by atoms with Crippen LogP contribution in [0.5, 0.6) is 0 Å². The topological polar surface area (TPSA) is 0 Å². The van der Waals surface area contributed by atoms with Gasteiger partial charge in [0, 0.05) is 0 Å². The van der Waals surface area contributed by atoms with Crippen LogP contribution in [-0.4, -0.2) is 0 Å². The smallest absolute Gasteiger partial charge is 0.0298 e. The summed E-state index contributed by atoms with van der Waals surface area (Å²) in [5.41, 5.74) is 0.823. The van der Waals surface area contributed by atoms with Crippen LogP contribution in [0.4, 0.5) is 0 Å². The summed E-state index contributed by atoms with van der Waals surface area (Å²) in [6.45, 7) is 4.63. The molecular weight excluding hydrogens is 120 g/mol. The Hall–Kier alpha value is 0. The van der Waals surface area contributed by atoms with E-state index in [0.29, 0.717) is 0 Å². The highest BCUT2D eigenvalue weighted by Crippen LogP contribution is 2.48. The fourth-order valence-corrected chi connectivity index (χ4v) is 2.36. The summed E-state index contributed by atoms with van der Waals surface area (Å²) in [5, 5.41) is 0. The van der Waals surface area contributed by atoms with Gasteiger partial charge in [0.2, 0.25) is 0 Å². The van der Waals surface area contributed by atoms with Crippen molar-refractivity contribution < 1.29 is 0 Å². The maximum Gasteiger partial charge on any atom is -0.0298 e. The average molecular weight is 140 g/mol. The summed E-state index contributed by atoms with van der Waals surface area (Å²) in [6.07, 6.45) is 10.3. The van der Waals surface area contributed by atoms with E-state index in [4.69, 9.17) is 0 Å². The number of rotatable bonds is 4. The minimum atomic E-state index is 0.823. The van der Waals surface area contributed by atoms with E-state index in [9.17, 15) is 0 Å². The molecule has 10 heavy (non-hydrogen) atoms. The van der Waals surface area contributed by atoms with Gasteiger partial charge in [-0.25, -0.2) is 0 Å². The quantitative estimate of drug-likeness (QED) is 0.558. The molecule has 0 radical (unpaired) electrons. The van der Waals surface area contributed by atoms with Crippen molar-refractivity contribution in [3.8, 4) is 0 Å². The monoisotopic (exact) mass is 140 g/mol. The molecular formula is C10H20. The normalized spacial score (nSPS) is 22.2. The van der Waals surface area contributed by atoms with Crippen molar-refractivity contribution in [1.82, 2.24) is 0 Å². The minimum Gasteiger partial charge on any atom is -0.0654 e. The van der Waals surface area contributed by atoms with Crippen LogP contribution < -0.4 is 0 Å². The van der Waals surface area contributed by atoms with Gasteiger partial charge in [0.25, 0.3) is 0 Å². The molecule has 0 amide bonds. The Labute approximate surface area is 65.0 Å². The van der Waals surface area contributed by atoms with Crippen molar-refractivity contribution >= 4 is 0 Å². The first kappa shape index (κ1) is 8.10. The SMILES string of the molecule is CCCC1(CCC)CCC1. The second-order valence-electron chi connectivity index (χ2n) is 3.85. The average Bonchev–Trinajstić information content (AvgIpc) is 1.84. The second-order valence-corrected chi connectivity index (χ2v) is 3.85. The van der Waals surface area contributed by atoms with Crippen molar-refractivity contribution in [3.63, 3.8) is 0 Å². The first-order valence-electron chi connectivity index (χ1n) is 4.83. The fraction of sp³-hybridized carbons (Fsp3) is 1.00. The van der Waals surface area contributed by atoms with E-state index in [1.54, 1.807) is 0 Å². The molecule has 1 aliphatic carbocycles. The third-order valence-corrected chi connectivity index (χ3v) is 2.97. The van der Waals surface area contributed by atoms with E-state index in [1.807, 2.05) is 0 Å². The summed E-state index contributed by atoms with van der Waals surface area (Å²) in [4.78, 5) is 0. The van der Waals surface area contributed by atoms with Crippen LogP contribution in [0.2, 0.25) is 0 Å². The van der Waals surface area contributed by atoms with Gasteiger partial charge in [-0.05, 0) is 31.1 Å². The summed E-state index contributed by atoms with van der Waals surface area (Å²) in [6, 6.07) is 0. The van der Waals surface area contributed by atoms with E-state index in [-0.39, 0.29) is 0 Å². The number of hydrogen-bond acceptors (Lipinski definition) is 0. The fourth-order valence-electron chi connectivity index (χ4n) is 2.36. The van der Waals surface area contributed by atoms with Crippen LogP contribution in [0.1, 0.15) is 58.8 Å². The van der Waals surface area contributed by atoms with E-state index in [0.717, 1.165) is 5.41 Å². The standard InChI is InChI=1S/C10H20/c1-3-6-10(7-4-2)8-5-9-10/h3-9H2,1-2H3. The van der Waals surface area contributed by atoms with E-state index in [1.165, 1.54) is 44.9 Å². The summed E-state index contributed by atoms with van der Waals surface area (Å²) in [5.74, 6) is 0. The van der Waals surface area contributed by atoms with Crippen molar-refractivity contribution in [3.05, 3.63) is 0 Å². The molecule has 0 aromatic heterocycles. The molecule has 1 aliphatic rings. The molecule has 0 bridgehead atoms. The van der Waals surface area contributed by atoms with Crippen LogP contribution in [0.25, 0.3) is 0 Å². The molecule has 0 nitrogen and oxygen atoms in total. The lowest BCUT2D eigenvalue weighted by Gasteiger charge is -2.42. The lowest BCUT2D eigenvalue weighted by molar-refractivity contribution is 0.104. The first-order valence-corrected chi connectivity index (χ1v) is 4.83. The Kier molecular flexibility index (Phi) is 2.76. The molecule has 0 aromatic carbocycles. The van der Waals surface area contributed by atoms with Crippen LogP contribution in [0.15, 0.2) is 0 Å². The minimum absolute atomic E-state index is 0.823. The van der Waals surface area contributed by atoms with Crippen LogP contribution in [0, 0.1) is 5.41 Å². The molecule has 1 fully saturated rings. The lowest BCUT2D eigenvalue weighted by atomic mass is 9.64. The largest absolute Gasteiger partial charge is 0.0654 e. The molecule has 0 heteroatoms. The predicted octanol–water partition coefficient (Wildman–Crippen LogP) is 3.76. The Morgan fingerprint density at radius 2 is 1.50 bits per heavy atom. The molecule has 0 spiro atoms. The van der Waals surface area contributed by atoms with Crippen LogP contribution in [-0.2, 0) is 0 Å². The summed E-state index contributed by atoms with van der Waals surface area (Å²) < 4.78 is 0.